The van der Waals surface area contributed by atoms with Gasteiger partial charge in [-0.2, -0.15) is 0 Å². The zero-order valence-corrected chi connectivity index (χ0v) is 17.1. The van der Waals surface area contributed by atoms with Gasteiger partial charge in [0.05, 0.1) is 11.2 Å². The fraction of sp³-hybridized carbons (Fsp3) is 0.381. The van der Waals surface area contributed by atoms with Gasteiger partial charge in [0.15, 0.2) is 0 Å². The van der Waals surface area contributed by atoms with Gasteiger partial charge in [-0.15, -0.1) is 0 Å². The van der Waals surface area contributed by atoms with Crippen LogP contribution in [0.1, 0.15) is 44.4 Å². The number of rotatable bonds is 8. The van der Waals surface area contributed by atoms with Gasteiger partial charge in [-0.05, 0) is 44.4 Å². The molecule has 0 aliphatic carbocycles. The molecule has 0 aliphatic rings. The quantitative estimate of drug-likeness (QED) is 0.730. The van der Waals surface area contributed by atoms with E-state index in [4.69, 9.17) is 0 Å². The average Bonchev–Trinajstić information content (AvgIpc) is 2.60. The van der Waals surface area contributed by atoms with E-state index in [1.54, 1.807) is 26.0 Å². The molecular formula is C21H28N2O3S. The molecule has 0 aromatic heterocycles. The summed E-state index contributed by atoms with van der Waals surface area (Å²) < 4.78 is 27.1. The molecule has 5 nitrogen and oxygen atoms in total. The van der Waals surface area contributed by atoms with E-state index in [-0.39, 0.29) is 24.2 Å². The molecule has 0 radical (unpaired) electrons. The van der Waals surface area contributed by atoms with Crippen molar-refractivity contribution in [3.8, 4) is 0 Å². The third kappa shape index (κ3) is 5.91. The van der Waals surface area contributed by atoms with Crippen LogP contribution in [0.25, 0.3) is 0 Å². The van der Waals surface area contributed by atoms with E-state index >= 15 is 0 Å². The highest BCUT2D eigenvalue weighted by molar-refractivity contribution is 7.88. The predicted molar refractivity (Wildman–Crippen MR) is 109 cm³/mol. The van der Waals surface area contributed by atoms with Gasteiger partial charge in [-0.25, -0.2) is 13.1 Å². The highest BCUT2D eigenvalue weighted by atomic mass is 32.2. The van der Waals surface area contributed by atoms with E-state index in [1.807, 2.05) is 56.3 Å². The van der Waals surface area contributed by atoms with Gasteiger partial charge in [-0.3, -0.25) is 4.79 Å². The molecule has 2 aromatic carbocycles. The molecule has 146 valence electrons. The molecule has 0 aliphatic heterocycles. The molecule has 0 saturated carbocycles. The van der Waals surface area contributed by atoms with Crippen LogP contribution in [-0.2, 0) is 32.5 Å². The summed E-state index contributed by atoms with van der Waals surface area (Å²) in [5.41, 5.74) is 1.73. The first-order valence-electron chi connectivity index (χ1n) is 9.02. The Kier molecular flexibility index (Phi) is 6.78. The molecular weight excluding hydrogens is 360 g/mol. The monoisotopic (exact) mass is 388 g/mol. The maximum Gasteiger partial charge on any atom is 0.230 e. The predicted octanol–water partition coefficient (Wildman–Crippen LogP) is 3.11. The van der Waals surface area contributed by atoms with Crippen LogP contribution < -0.4 is 10.0 Å². The minimum Gasteiger partial charge on any atom is -0.351 e. The van der Waals surface area contributed by atoms with Crippen molar-refractivity contribution in [1.82, 2.24) is 10.0 Å². The fourth-order valence-corrected chi connectivity index (χ4v) is 4.35. The third-order valence-corrected chi connectivity index (χ3v) is 5.90. The Bertz CT molecular complexity index is 875. The maximum absolute atomic E-state index is 12.7. The van der Waals surface area contributed by atoms with E-state index < -0.39 is 15.4 Å². The normalized spacial score (nSPS) is 12.2. The van der Waals surface area contributed by atoms with Gasteiger partial charge < -0.3 is 5.32 Å². The van der Waals surface area contributed by atoms with E-state index in [2.05, 4.69) is 10.0 Å². The molecule has 2 rings (SSSR count). The second-order valence-electron chi connectivity index (χ2n) is 7.47. The SMILES string of the molecule is CC(C)NS(=O)(=O)Cc1ccccc1CNC(=O)C(C)(C)c1ccccc1. The molecule has 0 unspecified atom stereocenters. The number of hydrogen-bond acceptors (Lipinski definition) is 3. The molecule has 2 N–H and O–H groups in total. The smallest absolute Gasteiger partial charge is 0.230 e. The van der Waals surface area contributed by atoms with Crippen LogP contribution in [0.5, 0.6) is 0 Å². The largest absolute Gasteiger partial charge is 0.351 e. The lowest BCUT2D eigenvalue weighted by Crippen LogP contribution is -2.40. The molecule has 0 bridgehead atoms. The molecule has 0 saturated heterocycles. The van der Waals surface area contributed by atoms with Crippen molar-refractivity contribution in [2.75, 3.05) is 0 Å². The van der Waals surface area contributed by atoms with Crippen molar-refractivity contribution in [2.45, 2.75) is 51.4 Å². The number of benzene rings is 2. The van der Waals surface area contributed by atoms with Crippen LogP contribution in [0.2, 0.25) is 0 Å². The third-order valence-electron chi connectivity index (χ3n) is 4.38. The lowest BCUT2D eigenvalue weighted by Gasteiger charge is -2.24. The Morgan fingerprint density at radius 2 is 1.52 bits per heavy atom. The number of carbonyl (C=O) groups is 1. The van der Waals surface area contributed by atoms with Crippen LogP contribution in [0, 0.1) is 0 Å². The summed E-state index contributed by atoms with van der Waals surface area (Å²) in [6.07, 6.45) is 0. The minimum atomic E-state index is -3.43. The van der Waals surface area contributed by atoms with E-state index in [9.17, 15) is 13.2 Å². The second kappa shape index (κ2) is 8.67. The van der Waals surface area contributed by atoms with Crippen molar-refractivity contribution in [2.24, 2.45) is 0 Å². The first-order valence-corrected chi connectivity index (χ1v) is 10.7. The Labute approximate surface area is 162 Å². The van der Waals surface area contributed by atoms with Crippen LogP contribution >= 0.6 is 0 Å². The van der Waals surface area contributed by atoms with E-state index in [0.717, 1.165) is 11.1 Å². The van der Waals surface area contributed by atoms with Crippen LogP contribution in [0.3, 0.4) is 0 Å². The lowest BCUT2D eigenvalue weighted by molar-refractivity contribution is -0.125. The Hall–Kier alpha value is -2.18. The van der Waals surface area contributed by atoms with Gasteiger partial charge in [0, 0.05) is 12.6 Å². The second-order valence-corrected chi connectivity index (χ2v) is 9.23. The zero-order chi connectivity index (χ0) is 20.1. The highest BCUT2D eigenvalue weighted by Gasteiger charge is 2.29. The summed E-state index contributed by atoms with van der Waals surface area (Å²) in [7, 11) is -3.43. The number of sulfonamides is 1. The van der Waals surface area contributed by atoms with E-state index in [1.165, 1.54) is 0 Å². The molecule has 2 aromatic rings. The number of nitrogens with one attached hydrogen (secondary N) is 2. The summed E-state index contributed by atoms with van der Waals surface area (Å²) in [6.45, 7) is 7.61. The lowest BCUT2D eigenvalue weighted by atomic mass is 9.83. The van der Waals surface area contributed by atoms with Crippen molar-refractivity contribution in [3.05, 3.63) is 71.3 Å². The Morgan fingerprint density at radius 1 is 0.963 bits per heavy atom. The van der Waals surface area contributed by atoms with Crippen molar-refractivity contribution < 1.29 is 13.2 Å². The van der Waals surface area contributed by atoms with E-state index in [0.29, 0.717) is 5.56 Å². The first kappa shape index (κ1) is 21.1. The van der Waals surface area contributed by atoms with Crippen molar-refractivity contribution in [1.29, 1.82) is 0 Å². The molecule has 1 amide bonds. The van der Waals surface area contributed by atoms with Gasteiger partial charge in [-0.1, -0.05) is 54.6 Å². The van der Waals surface area contributed by atoms with Gasteiger partial charge >= 0.3 is 0 Å². The Balaban J connectivity index is 2.11. The van der Waals surface area contributed by atoms with Crippen molar-refractivity contribution >= 4 is 15.9 Å². The van der Waals surface area contributed by atoms with Crippen LogP contribution in [0.4, 0.5) is 0 Å². The average molecular weight is 389 g/mol. The first-order chi connectivity index (χ1) is 12.6. The van der Waals surface area contributed by atoms with Crippen LogP contribution in [-0.4, -0.2) is 20.4 Å². The summed E-state index contributed by atoms with van der Waals surface area (Å²) in [4.78, 5) is 12.7. The molecule has 6 heteroatoms. The minimum absolute atomic E-state index is 0.105. The molecule has 0 atom stereocenters. The molecule has 0 fully saturated rings. The fourth-order valence-electron chi connectivity index (χ4n) is 2.86. The van der Waals surface area contributed by atoms with Crippen LogP contribution in [0.15, 0.2) is 54.6 Å². The summed E-state index contributed by atoms with van der Waals surface area (Å²) >= 11 is 0. The summed E-state index contributed by atoms with van der Waals surface area (Å²) in [5, 5.41) is 2.95. The number of hydrogen-bond donors (Lipinski definition) is 2. The molecule has 0 spiro atoms. The van der Waals surface area contributed by atoms with Gasteiger partial charge in [0.2, 0.25) is 15.9 Å². The maximum atomic E-state index is 12.7. The van der Waals surface area contributed by atoms with Crippen molar-refractivity contribution in [3.63, 3.8) is 0 Å². The molecule has 27 heavy (non-hydrogen) atoms. The van der Waals surface area contributed by atoms with Gasteiger partial charge in [0.1, 0.15) is 0 Å². The zero-order valence-electron chi connectivity index (χ0n) is 16.3. The number of carbonyl (C=O) groups excluding carboxylic acids is 1. The topological polar surface area (TPSA) is 75.3 Å². The molecule has 0 heterocycles. The summed E-state index contributed by atoms with van der Waals surface area (Å²) in [5.74, 6) is -0.217. The highest BCUT2D eigenvalue weighted by Crippen LogP contribution is 2.23. The van der Waals surface area contributed by atoms with Gasteiger partial charge in [0.25, 0.3) is 0 Å². The number of amides is 1. The standard InChI is InChI=1S/C21H28N2O3S/c1-16(2)23-27(25,26)15-18-11-9-8-10-17(18)14-22-20(24)21(3,4)19-12-6-5-7-13-19/h5-13,16,23H,14-15H2,1-4H3,(H,22,24). The Morgan fingerprint density at radius 3 is 2.11 bits per heavy atom. The summed E-state index contributed by atoms with van der Waals surface area (Å²) in [6, 6.07) is 16.7.